The van der Waals surface area contributed by atoms with Crippen molar-refractivity contribution in [3.63, 3.8) is 0 Å². The minimum Gasteiger partial charge on any atom is -0.224 e. The number of rotatable bonds is 2. The second kappa shape index (κ2) is 6.15. The Hall–Kier alpha value is -2.05. The second-order valence-electron chi connectivity index (χ2n) is 5.32. The summed E-state index contributed by atoms with van der Waals surface area (Å²) in [7, 11) is -3.15. The maximum atomic E-state index is 11.4. The first-order chi connectivity index (χ1) is 9.86. The highest BCUT2D eigenvalue weighted by Crippen LogP contribution is 2.14. The van der Waals surface area contributed by atoms with E-state index in [0.29, 0.717) is 10.8 Å². The molecule has 2 aromatic rings. The van der Waals surface area contributed by atoms with Crippen molar-refractivity contribution in [3.05, 3.63) is 65.2 Å². The number of hydrogen-bond acceptors (Lipinski definition) is 2. The standard InChI is InChI=1S/C18H18O2S/c1-14(2)17-10-6-15(7-11-17)4-5-16-8-12-18(13-9-16)21(3,19)20/h6-14H,1-3H3. The van der Waals surface area contributed by atoms with Gasteiger partial charge in [-0.05, 0) is 47.9 Å². The number of benzene rings is 2. The Morgan fingerprint density at radius 1 is 0.810 bits per heavy atom. The van der Waals surface area contributed by atoms with Gasteiger partial charge in [0.25, 0.3) is 0 Å². The highest BCUT2D eigenvalue weighted by Gasteiger charge is 2.05. The number of hydrogen-bond donors (Lipinski definition) is 0. The predicted molar refractivity (Wildman–Crippen MR) is 86.1 cm³/mol. The molecular weight excluding hydrogens is 280 g/mol. The molecule has 0 bridgehead atoms. The minimum atomic E-state index is -3.15. The second-order valence-corrected chi connectivity index (χ2v) is 7.34. The van der Waals surface area contributed by atoms with Crippen molar-refractivity contribution in [1.82, 2.24) is 0 Å². The van der Waals surface area contributed by atoms with Gasteiger partial charge in [0.1, 0.15) is 0 Å². The molecule has 0 atom stereocenters. The van der Waals surface area contributed by atoms with Crippen LogP contribution in [-0.2, 0) is 9.84 Å². The first kappa shape index (κ1) is 15.3. The first-order valence-electron chi connectivity index (χ1n) is 6.78. The Morgan fingerprint density at radius 2 is 1.24 bits per heavy atom. The van der Waals surface area contributed by atoms with Crippen LogP contribution in [0.4, 0.5) is 0 Å². The van der Waals surface area contributed by atoms with Gasteiger partial charge in [-0.2, -0.15) is 0 Å². The highest BCUT2D eigenvalue weighted by molar-refractivity contribution is 7.90. The van der Waals surface area contributed by atoms with E-state index in [9.17, 15) is 8.42 Å². The van der Waals surface area contributed by atoms with Gasteiger partial charge in [0.15, 0.2) is 9.84 Å². The van der Waals surface area contributed by atoms with E-state index in [1.54, 1.807) is 24.3 Å². The Balaban J connectivity index is 2.19. The van der Waals surface area contributed by atoms with E-state index < -0.39 is 9.84 Å². The molecule has 0 heterocycles. The van der Waals surface area contributed by atoms with Crippen molar-refractivity contribution in [2.45, 2.75) is 24.7 Å². The molecule has 0 unspecified atom stereocenters. The smallest absolute Gasteiger partial charge is 0.175 e. The van der Waals surface area contributed by atoms with Gasteiger partial charge in [0.05, 0.1) is 4.90 Å². The van der Waals surface area contributed by atoms with Crippen LogP contribution in [0.3, 0.4) is 0 Å². The summed E-state index contributed by atoms with van der Waals surface area (Å²) in [6.45, 7) is 4.31. The van der Waals surface area contributed by atoms with Crippen LogP contribution in [0.25, 0.3) is 0 Å². The van der Waals surface area contributed by atoms with Crippen LogP contribution >= 0.6 is 0 Å². The molecule has 0 aliphatic heterocycles. The van der Waals surface area contributed by atoms with Crippen molar-refractivity contribution in [2.75, 3.05) is 6.26 Å². The van der Waals surface area contributed by atoms with Gasteiger partial charge in [0.2, 0.25) is 0 Å². The van der Waals surface area contributed by atoms with Gasteiger partial charge < -0.3 is 0 Å². The molecule has 0 radical (unpaired) electrons. The molecule has 0 fully saturated rings. The van der Waals surface area contributed by atoms with Gasteiger partial charge in [-0.1, -0.05) is 37.8 Å². The summed E-state index contributed by atoms with van der Waals surface area (Å²) >= 11 is 0. The molecule has 2 aromatic carbocycles. The van der Waals surface area contributed by atoms with Crippen molar-refractivity contribution in [1.29, 1.82) is 0 Å². The molecule has 0 saturated heterocycles. The highest BCUT2D eigenvalue weighted by atomic mass is 32.2. The zero-order chi connectivity index (χ0) is 15.5. The van der Waals surface area contributed by atoms with E-state index in [1.807, 2.05) is 12.1 Å². The van der Waals surface area contributed by atoms with Crippen molar-refractivity contribution >= 4 is 9.84 Å². The van der Waals surface area contributed by atoms with E-state index in [4.69, 9.17) is 0 Å². The summed E-state index contributed by atoms with van der Waals surface area (Å²) in [5, 5.41) is 0. The van der Waals surface area contributed by atoms with E-state index in [0.717, 1.165) is 11.1 Å². The molecule has 0 aromatic heterocycles. The summed E-state index contributed by atoms with van der Waals surface area (Å²) in [5.74, 6) is 6.64. The van der Waals surface area contributed by atoms with Crippen LogP contribution in [0, 0.1) is 11.8 Å². The SMILES string of the molecule is CC(C)c1ccc(C#Cc2ccc(S(C)(=O)=O)cc2)cc1. The zero-order valence-corrected chi connectivity index (χ0v) is 13.2. The summed E-state index contributed by atoms with van der Waals surface area (Å²) in [5.41, 5.74) is 3.04. The molecule has 0 aliphatic rings. The molecule has 0 amide bonds. The fraction of sp³-hybridized carbons (Fsp3) is 0.222. The van der Waals surface area contributed by atoms with Crippen LogP contribution in [0.2, 0.25) is 0 Å². The molecule has 2 rings (SSSR count). The Labute approximate surface area is 126 Å². The third-order valence-corrected chi connectivity index (χ3v) is 4.34. The molecule has 3 heteroatoms. The van der Waals surface area contributed by atoms with Crippen molar-refractivity contribution in [3.8, 4) is 11.8 Å². The maximum Gasteiger partial charge on any atom is 0.175 e. The lowest BCUT2D eigenvalue weighted by atomic mass is 10.0. The topological polar surface area (TPSA) is 34.1 Å². The van der Waals surface area contributed by atoms with Crippen LogP contribution in [0.1, 0.15) is 36.5 Å². The lowest BCUT2D eigenvalue weighted by Crippen LogP contribution is -1.96. The normalized spacial score (nSPS) is 11.0. The van der Waals surface area contributed by atoms with Gasteiger partial charge >= 0.3 is 0 Å². The van der Waals surface area contributed by atoms with Gasteiger partial charge in [-0.15, -0.1) is 0 Å². The molecule has 0 spiro atoms. The third kappa shape index (κ3) is 4.21. The van der Waals surface area contributed by atoms with Crippen LogP contribution in [-0.4, -0.2) is 14.7 Å². The summed E-state index contributed by atoms with van der Waals surface area (Å²) in [6, 6.07) is 14.8. The quantitative estimate of drug-likeness (QED) is 0.794. The molecule has 0 N–H and O–H groups in total. The minimum absolute atomic E-state index is 0.314. The van der Waals surface area contributed by atoms with Crippen molar-refractivity contribution in [2.24, 2.45) is 0 Å². The molecule has 2 nitrogen and oxygen atoms in total. The average molecular weight is 298 g/mol. The zero-order valence-electron chi connectivity index (χ0n) is 12.4. The van der Waals surface area contributed by atoms with Crippen LogP contribution in [0.5, 0.6) is 0 Å². The average Bonchev–Trinajstić information content (AvgIpc) is 2.45. The largest absolute Gasteiger partial charge is 0.224 e. The molecule has 108 valence electrons. The fourth-order valence-corrected chi connectivity index (χ4v) is 2.51. The fourth-order valence-electron chi connectivity index (χ4n) is 1.88. The van der Waals surface area contributed by atoms with Crippen LogP contribution < -0.4 is 0 Å². The lowest BCUT2D eigenvalue weighted by Gasteiger charge is -2.03. The molecular formula is C18H18O2S. The molecule has 0 aliphatic carbocycles. The Bertz CT molecular complexity index is 772. The monoisotopic (exact) mass is 298 g/mol. The Kier molecular flexibility index (Phi) is 4.50. The third-order valence-electron chi connectivity index (χ3n) is 3.21. The summed E-state index contributed by atoms with van der Waals surface area (Å²) < 4.78 is 22.7. The van der Waals surface area contributed by atoms with Gasteiger partial charge in [0, 0.05) is 17.4 Å². The van der Waals surface area contributed by atoms with E-state index >= 15 is 0 Å². The van der Waals surface area contributed by atoms with E-state index in [-0.39, 0.29) is 0 Å². The van der Waals surface area contributed by atoms with E-state index in [1.165, 1.54) is 11.8 Å². The lowest BCUT2D eigenvalue weighted by molar-refractivity contribution is 0.602. The van der Waals surface area contributed by atoms with Gasteiger partial charge in [-0.3, -0.25) is 0 Å². The first-order valence-corrected chi connectivity index (χ1v) is 8.67. The predicted octanol–water partition coefficient (Wildman–Crippen LogP) is 3.61. The summed E-state index contributed by atoms with van der Waals surface area (Å²) in [4.78, 5) is 0.314. The Morgan fingerprint density at radius 3 is 1.62 bits per heavy atom. The summed E-state index contributed by atoms with van der Waals surface area (Å²) in [6.07, 6.45) is 1.20. The molecule has 21 heavy (non-hydrogen) atoms. The van der Waals surface area contributed by atoms with Crippen LogP contribution in [0.15, 0.2) is 53.4 Å². The molecule has 0 saturated carbocycles. The van der Waals surface area contributed by atoms with Gasteiger partial charge in [-0.25, -0.2) is 8.42 Å². The van der Waals surface area contributed by atoms with Crippen molar-refractivity contribution < 1.29 is 8.42 Å². The maximum absolute atomic E-state index is 11.4. The van der Waals surface area contributed by atoms with E-state index in [2.05, 4.69) is 37.8 Å². The number of sulfone groups is 1.